The van der Waals surface area contributed by atoms with Gasteiger partial charge in [0.1, 0.15) is 24.9 Å². The number of aromatic nitrogens is 4. The molecule has 0 aromatic carbocycles. The van der Waals surface area contributed by atoms with E-state index >= 15 is 0 Å². The second-order valence-corrected chi connectivity index (χ2v) is 6.00. The number of nitrogens with one attached hydrogen (secondary N) is 1. The molecule has 1 aliphatic heterocycles. The first-order chi connectivity index (χ1) is 13.4. The molecule has 0 bridgehead atoms. The Bertz CT molecular complexity index is 1070. The van der Waals surface area contributed by atoms with E-state index in [0.29, 0.717) is 0 Å². The molecule has 4 atom stereocenters. The Hall–Kier alpha value is -2.95. The summed E-state index contributed by atoms with van der Waals surface area (Å²) in [6.07, 6.45) is -2.58. The molecule has 0 saturated carbocycles. The van der Waals surface area contributed by atoms with Crippen LogP contribution in [0.25, 0.3) is 11.2 Å². The fraction of sp³-hybridized carbons (Fsp3) is 0.438. The van der Waals surface area contributed by atoms with Gasteiger partial charge >= 0.3 is 5.69 Å². The first kappa shape index (κ1) is 19.8. The molecule has 2 aromatic rings. The molecular weight excluding hydrogens is 374 g/mol. The second-order valence-electron chi connectivity index (χ2n) is 6.00. The van der Waals surface area contributed by atoms with Crippen LogP contribution in [-0.2, 0) is 11.3 Å². The van der Waals surface area contributed by atoms with Crippen molar-refractivity contribution in [3.63, 3.8) is 0 Å². The quantitative estimate of drug-likeness (QED) is 0.288. The van der Waals surface area contributed by atoms with Crippen molar-refractivity contribution in [1.82, 2.24) is 19.1 Å². The molecule has 150 valence electrons. The second kappa shape index (κ2) is 7.97. The normalized spacial score (nSPS) is 24.7. The molecular formula is C16H19N5O7. The maximum absolute atomic E-state index is 13.0. The summed E-state index contributed by atoms with van der Waals surface area (Å²) in [5, 5.41) is 38.1. The number of aliphatic hydroxyl groups is 4. The summed E-state index contributed by atoms with van der Waals surface area (Å²) < 4.78 is 7.39. The minimum absolute atomic E-state index is 0.0636. The Kier molecular flexibility index (Phi) is 5.63. The number of ether oxygens (including phenoxy) is 1. The summed E-state index contributed by atoms with van der Waals surface area (Å²) >= 11 is 0. The molecule has 3 heterocycles. The van der Waals surface area contributed by atoms with Gasteiger partial charge < -0.3 is 30.9 Å². The first-order valence-electron chi connectivity index (χ1n) is 8.28. The molecule has 12 heteroatoms. The molecule has 1 aliphatic rings. The molecule has 0 spiro atoms. The van der Waals surface area contributed by atoms with E-state index in [1.807, 2.05) is 0 Å². The van der Waals surface area contributed by atoms with E-state index < -0.39 is 42.4 Å². The smallest absolute Gasteiger partial charge is 0.333 e. The Morgan fingerprint density at radius 2 is 2.04 bits per heavy atom. The standard InChI is InChI=1S/C16H19N5O7/c17-15-18-12-9(13(26)19-15)20(5-3-1-2-4-6-22)16(27)21(12)14-11(25)10(24)8(7-23)28-14/h1,3,8,10-11,14,22-25H,5-7H2,(H3,17,18,19,26)/b3-1+/t8-,10+,11-,14-/m1/s1. The molecule has 28 heavy (non-hydrogen) atoms. The maximum Gasteiger partial charge on any atom is 0.333 e. The summed E-state index contributed by atoms with van der Waals surface area (Å²) in [5.41, 5.74) is 3.90. The molecule has 0 aliphatic carbocycles. The lowest BCUT2D eigenvalue weighted by Crippen LogP contribution is -2.36. The molecule has 0 unspecified atom stereocenters. The predicted octanol–water partition coefficient (Wildman–Crippen LogP) is -3.37. The molecule has 2 aromatic heterocycles. The maximum atomic E-state index is 13.0. The van der Waals surface area contributed by atoms with Crippen molar-refractivity contribution >= 4 is 17.1 Å². The summed E-state index contributed by atoms with van der Waals surface area (Å²) in [7, 11) is 0. The highest BCUT2D eigenvalue weighted by Crippen LogP contribution is 2.30. The van der Waals surface area contributed by atoms with Gasteiger partial charge in [-0.25, -0.2) is 9.36 Å². The lowest BCUT2D eigenvalue weighted by molar-refractivity contribution is -0.0527. The SMILES string of the molecule is Nc1nc2c(c(=O)[nH]1)n(C/C=C/C#CCO)c(=O)n2[C@@H]1O[C@H](CO)[C@H](O)[C@H]1O. The van der Waals surface area contributed by atoms with Gasteiger partial charge in [-0.1, -0.05) is 17.9 Å². The highest BCUT2D eigenvalue weighted by molar-refractivity contribution is 5.72. The Labute approximate surface area is 157 Å². The number of imidazole rings is 1. The van der Waals surface area contributed by atoms with Gasteiger partial charge in [0.2, 0.25) is 5.95 Å². The Balaban J connectivity index is 2.16. The summed E-state index contributed by atoms with van der Waals surface area (Å²) in [4.78, 5) is 31.6. The zero-order valence-electron chi connectivity index (χ0n) is 14.5. The van der Waals surface area contributed by atoms with Crippen LogP contribution in [0.4, 0.5) is 5.95 Å². The fourth-order valence-electron chi connectivity index (χ4n) is 3.01. The van der Waals surface area contributed by atoms with E-state index in [1.165, 1.54) is 12.2 Å². The van der Waals surface area contributed by atoms with Gasteiger partial charge in [0, 0.05) is 6.54 Å². The average Bonchev–Trinajstić information content (AvgIpc) is 3.09. The van der Waals surface area contributed by atoms with E-state index in [4.69, 9.17) is 15.6 Å². The number of aliphatic hydroxyl groups excluding tert-OH is 4. The number of hydrogen-bond donors (Lipinski definition) is 6. The van der Waals surface area contributed by atoms with Gasteiger partial charge in [0.25, 0.3) is 5.56 Å². The molecule has 7 N–H and O–H groups in total. The van der Waals surface area contributed by atoms with Gasteiger partial charge in [0.15, 0.2) is 17.4 Å². The van der Waals surface area contributed by atoms with Crippen LogP contribution in [0.5, 0.6) is 0 Å². The Morgan fingerprint density at radius 3 is 2.68 bits per heavy atom. The van der Waals surface area contributed by atoms with Crippen molar-refractivity contribution < 1.29 is 25.2 Å². The van der Waals surface area contributed by atoms with Gasteiger partial charge in [-0.2, -0.15) is 4.98 Å². The number of nitrogens with zero attached hydrogens (tertiary/aromatic N) is 3. The van der Waals surface area contributed by atoms with E-state index in [1.54, 1.807) is 0 Å². The number of fused-ring (bicyclic) bond motifs is 1. The van der Waals surface area contributed by atoms with Crippen molar-refractivity contribution in [3.05, 3.63) is 33.0 Å². The summed E-state index contributed by atoms with van der Waals surface area (Å²) in [5.74, 6) is 4.69. The van der Waals surface area contributed by atoms with E-state index in [9.17, 15) is 24.9 Å². The zero-order chi connectivity index (χ0) is 20.4. The Morgan fingerprint density at radius 1 is 1.29 bits per heavy atom. The van der Waals surface area contributed by atoms with Crippen molar-refractivity contribution in [1.29, 1.82) is 0 Å². The number of nitrogen functional groups attached to an aromatic ring is 1. The van der Waals surface area contributed by atoms with Crippen molar-refractivity contribution in [2.75, 3.05) is 18.9 Å². The molecule has 1 fully saturated rings. The molecule has 1 saturated heterocycles. The number of nitrogens with two attached hydrogens (primary N) is 1. The van der Waals surface area contributed by atoms with Crippen LogP contribution in [0, 0.1) is 11.8 Å². The van der Waals surface area contributed by atoms with Gasteiger partial charge in [-0.05, 0) is 6.08 Å². The predicted molar refractivity (Wildman–Crippen MR) is 96.0 cm³/mol. The number of aromatic amines is 1. The van der Waals surface area contributed by atoms with E-state index in [0.717, 1.165) is 9.13 Å². The summed E-state index contributed by atoms with van der Waals surface area (Å²) in [6.45, 7) is -0.964. The largest absolute Gasteiger partial charge is 0.394 e. The minimum Gasteiger partial charge on any atom is -0.394 e. The van der Waals surface area contributed by atoms with Crippen LogP contribution in [0.15, 0.2) is 21.7 Å². The lowest BCUT2D eigenvalue weighted by Gasteiger charge is -2.15. The van der Waals surface area contributed by atoms with Crippen molar-refractivity contribution in [2.45, 2.75) is 31.1 Å². The van der Waals surface area contributed by atoms with Gasteiger partial charge in [-0.3, -0.25) is 14.3 Å². The molecule has 0 amide bonds. The number of hydrogen-bond acceptors (Lipinski definition) is 9. The highest BCUT2D eigenvalue weighted by Gasteiger charge is 2.45. The molecule has 0 radical (unpaired) electrons. The first-order valence-corrected chi connectivity index (χ1v) is 8.28. The van der Waals surface area contributed by atoms with Crippen LogP contribution < -0.4 is 17.0 Å². The molecule has 12 nitrogen and oxygen atoms in total. The third-order valence-corrected chi connectivity index (χ3v) is 4.27. The number of H-pyrrole nitrogens is 1. The van der Waals surface area contributed by atoms with Crippen LogP contribution in [0.1, 0.15) is 6.23 Å². The molecule has 3 rings (SSSR count). The van der Waals surface area contributed by atoms with Crippen LogP contribution >= 0.6 is 0 Å². The minimum atomic E-state index is -1.54. The van der Waals surface area contributed by atoms with E-state index in [-0.39, 0.29) is 30.3 Å². The number of rotatable bonds is 4. The third kappa shape index (κ3) is 3.33. The average molecular weight is 393 g/mol. The monoisotopic (exact) mass is 393 g/mol. The fourth-order valence-corrected chi connectivity index (χ4v) is 3.01. The zero-order valence-corrected chi connectivity index (χ0v) is 14.5. The number of allylic oxidation sites excluding steroid dienone is 2. The van der Waals surface area contributed by atoms with Crippen LogP contribution in [-0.4, -0.2) is 71.1 Å². The lowest BCUT2D eigenvalue weighted by atomic mass is 10.1. The van der Waals surface area contributed by atoms with Crippen LogP contribution in [0.2, 0.25) is 0 Å². The van der Waals surface area contributed by atoms with Gasteiger partial charge in [0.05, 0.1) is 6.61 Å². The highest BCUT2D eigenvalue weighted by atomic mass is 16.6. The number of anilines is 1. The van der Waals surface area contributed by atoms with Crippen molar-refractivity contribution in [2.24, 2.45) is 0 Å². The third-order valence-electron chi connectivity index (χ3n) is 4.27. The summed E-state index contributed by atoms with van der Waals surface area (Å²) in [6, 6.07) is 0. The topological polar surface area (TPSA) is 189 Å². The van der Waals surface area contributed by atoms with Crippen LogP contribution in [0.3, 0.4) is 0 Å². The van der Waals surface area contributed by atoms with Gasteiger partial charge in [-0.15, -0.1) is 0 Å². The van der Waals surface area contributed by atoms with E-state index in [2.05, 4.69) is 21.8 Å². The van der Waals surface area contributed by atoms with Crippen molar-refractivity contribution in [3.8, 4) is 11.8 Å².